The maximum absolute atomic E-state index is 14.4. The lowest BCUT2D eigenvalue weighted by molar-refractivity contribution is 0.203. The van der Waals surface area contributed by atoms with E-state index in [0.29, 0.717) is 48.9 Å². The minimum Gasteiger partial charge on any atom is -0.348 e. The quantitative estimate of drug-likeness (QED) is 0.623. The number of carbonyl (C=O) groups excluding carboxylic acids is 1. The van der Waals surface area contributed by atoms with Gasteiger partial charge in [-0.3, -0.25) is 5.32 Å². The van der Waals surface area contributed by atoms with Crippen molar-refractivity contribution in [2.45, 2.75) is 18.9 Å². The monoisotopic (exact) mass is 463 g/mol. The van der Waals surface area contributed by atoms with Gasteiger partial charge in [0.05, 0.1) is 12.2 Å². The van der Waals surface area contributed by atoms with Crippen LogP contribution in [-0.2, 0) is 0 Å². The van der Waals surface area contributed by atoms with Crippen molar-refractivity contribution in [2.24, 2.45) is 0 Å². The van der Waals surface area contributed by atoms with Gasteiger partial charge in [-0.15, -0.1) is 17.5 Å². The molecule has 8 nitrogen and oxygen atoms in total. The van der Waals surface area contributed by atoms with E-state index in [0.717, 1.165) is 31.6 Å². The summed E-state index contributed by atoms with van der Waals surface area (Å²) in [6, 6.07) is 6.67. The molecule has 2 aliphatic heterocycles. The first-order valence-corrected chi connectivity index (χ1v) is 10.4. The van der Waals surface area contributed by atoms with Crippen LogP contribution in [-0.4, -0.2) is 58.3 Å². The Bertz CT molecular complexity index is 1120. The summed E-state index contributed by atoms with van der Waals surface area (Å²) in [4.78, 5) is 20.6. The van der Waals surface area contributed by atoms with Crippen molar-refractivity contribution in [3.05, 3.63) is 53.7 Å². The lowest BCUT2D eigenvalue weighted by Gasteiger charge is -2.27. The Hall–Kier alpha value is -2.98. The number of halogens is 3. The number of anilines is 2. The van der Waals surface area contributed by atoms with E-state index in [1.165, 1.54) is 6.07 Å². The van der Waals surface area contributed by atoms with E-state index in [4.69, 9.17) is 0 Å². The molecule has 0 radical (unpaired) electrons. The highest BCUT2D eigenvalue weighted by molar-refractivity contribution is 5.88. The van der Waals surface area contributed by atoms with E-state index >= 15 is 0 Å². The Balaban J connectivity index is 0.00000245. The Morgan fingerprint density at radius 3 is 2.75 bits per heavy atom. The largest absolute Gasteiger partial charge is 0.348 e. The third-order valence-corrected chi connectivity index (χ3v) is 5.85. The first-order valence-electron chi connectivity index (χ1n) is 10.4. The molecule has 170 valence electrons. The van der Waals surface area contributed by atoms with Gasteiger partial charge in [0.25, 0.3) is 0 Å². The van der Waals surface area contributed by atoms with Crippen molar-refractivity contribution in [3.63, 3.8) is 0 Å². The predicted octanol–water partition coefficient (Wildman–Crippen LogP) is 3.21. The molecule has 1 unspecified atom stereocenters. The van der Waals surface area contributed by atoms with E-state index in [1.54, 1.807) is 21.7 Å². The van der Waals surface area contributed by atoms with Crippen LogP contribution >= 0.6 is 12.4 Å². The number of benzene rings is 1. The van der Waals surface area contributed by atoms with Crippen LogP contribution < -0.4 is 15.5 Å². The fourth-order valence-corrected chi connectivity index (χ4v) is 4.29. The van der Waals surface area contributed by atoms with E-state index < -0.39 is 11.6 Å². The van der Waals surface area contributed by atoms with E-state index in [1.807, 2.05) is 11.0 Å². The van der Waals surface area contributed by atoms with Crippen LogP contribution in [0.1, 0.15) is 24.4 Å². The van der Waals surface area contributed by atoms with Crippen molar-refractivity contribution in [2.75, 3.05) is 42.9 Å². The Morgan fingerprint density at radius 2 is 1.94 bits per heavy atom. The van der Waals surface area contributed by atoms with Crippen molar-refractivity contribution in [3.8, 4) is 0 Å². The van der Waals surface area contributed by atoms with Gasteiger partial charge in [0, 0.05) is 38.3 Å². The zero-order chi connectivity index (χ0) is 21.4. The standard InChI is InChI=1S/C21H23F2N7O.ClH/c22-14-3-4-16(23)15(12-14)17-2-1-9-29(17)19-6-5-18-25-13-20(30(18)27-19)26-21(31)28-10-7-24-8-11-28;/h3-6,12-13,17,24H,1-2,7-11H2,(H,26,31);1H. The van der Waals surface area contributed by atoms with Gasteiger partial charge in [-0.1, -0.05) is 0 Å². The fraction of sp³-hybridized carbons (Fsp3) is 0.381. The van der Waals surface area contributed by atoms with E-state index in [-0.39, 0.29) is 24.5 Å². The number of carbonyl (C=O) groups is 1. The van der Waals surface area contributed by atoms with Crippen LogP contribution in [0.2, 0.25) is 0 Å². The first-order chi connectivity index (χ1) is 15.1. The molecule has 32 heavy (non-hydrogen) atoms. The molecule has 2 aliphatic rings. The highest BCUT2D eigenvalue weighted by atomic mass is 35.5. The highest BCUT2D eigenvalue weighted by Gasteiger charge is 2.30. The molecule has 2 aromatic heterocycles. The Labute approximate surface area is 190 Å². The molecule has 2 saturated heterocycles. The zero-order valence-corrected chi connectivity index (χ0v) is 18.1. The molecule has 2 amide bonds. The second-order valence-electron chi connectivity index (χ2n) is 7.79. The van der Waals surface area contributed by atoms with Gasteiger partial charge < -0.3 is 15.1 Å². The number of hydrogen-bond donors (Lipinski definition) is 2. The number of hydrogen-bond acceptors (Lipinski definition) is 5. The second-order valence-corrected chi connectivity index (χ2v) is 7.79. The number of imidazole rings is 1. The third kappa shape index (κ3) is 4.20. The lowest BCUT2D eigenvalue weighted by atomic mass is 10.0. The summed E-state index contributed by atoms with van der Waals surface area (Å²) in [6.45, 7) is 3.47. The smallest absolute Gasteiger partial charge is 0.323 e. The molecule has 0 spiro atoms. The number of fused-ring (bicyclic) bond motifs is 1. The molecule has 0 saturated carbocycles. The van der Waals surface area contributed by atoms with Crippen LogP contribution in [0.15, 0.2) is 36.5 Å². The number of nitrogens with zero attached hydrogens (tertiary/aromatic N) is 5. The maximum atomic E-state index is 14.4. The number of urea groups is 1. The Kier molecular flexibility index (Phi) is 6.43. The molecule has 11 heteroatoms. The Morgan fingerprint density at radius 1 is 1.12 bits per heavy atom. The second kappa shape index (κ2) is 9.25. The molecule has 3 aromatic rings. The third-order valence-electron chi connectivity index (χ3n) is 5.85. The van der Waals surface area contributed by atoms with Crippen molar-refractivity contribution < 1.29 is 13.6 Å². The van der Waals surface area contributed by atoms with Crippen LogP contribution in [0.4, 0.5) is 25.2 Å². The molecule has 5 rings (SSSR count). The fourth-order valence-electron chi connectivity index (χ4n) is 4.29. The van der Waals surface area contributed by atoms with Crippen molar-refractivity contribution in [1.82, 2.24) is 24.8 Å². The van der Waals surface area contributed by atoms with Crippen molar-refractivity contribution >= 4 is 35.7 Å². The van der Waals surface area contributed by atoms with Gasteiger partial charge in [0.15, 0.2) is 11.5 Å². The van der Waals surface area contributed by atoms with E-state index in [9.17, 15) is 13.6 Å². The molecule has 1 aromatic carbocycles. The predicted molar refractivity (Wildman–Crippen MR) is 119 cm³/mol. The molecular weight excluding hydrogens is 440 g/mol. The summed E-state index contributed by atoms with van der Waals surface area (Å²) in [5.74, 6) is 0.201. The first kappa shape index (κ1) is 22.2. The summed E-state index contributed by atoms with van der Waals surface area (Å²) in [6.07, 6.45) is 3.12. The van der Waals surface area contributed by atoms with E-state index in [2.05, 4.69) is 20.7 Å². The van der Waals surface area contributed by atoms with Gasteiger partial charge in [-0.05, 0) is 43.2 Å². The molecule has 1 atom stereocenters. The van der Waals surface area contributed by atoms with Gasteiger partial charge in [-0.2, -0.15) is 4.52 Å². The molecule has 0 aliphatic carbocycles. The van der Waals surface area contributed by atoms with Crippen LogP contribution in [0.3, 0.4) is 0 Å². The minimum atomic E-state index is -0.459. The summed E-state index contributed by atoms with van der Waals surface area (Å²) in [5.41, 5.74) is 0.921. The number of rotatable bonds is 3. The number of aromatic nitrogens is 3. The summed E-state index contributed by atoms with van der Waals surface area (Å²) < 4.78 is 29.8. The molecular formula is C21H24ClF2N7O. The summed E-state index contributed by atoms with van der Waals surface area (Å²) in [7, 11) is 0. The number of nitrogens with one attached hydrogen (secondary N) is 2. The average Bonchev–Trinajstić information content (AvgIpc) is 3.43. The topological polar surface area (TPSA) is 77.8 Å². The molecule has 2 fully saturated rings. The van der Waals surface area contributed by atoms with Crippen LogP contribution in [0, 0.1) is 11.6 Å². The maximum Gasteiger partial charge on any atom is 0.323 e. The summed E-state index contributed by atoms with van der Waals surface area (Å²) in [5, 5.41) is 10.8. The normalized spacial score (nSPS) is 18.6. The van der Waals surface area contributed by atoms with Gasteiger partial charge >= 0.3 is 6.03 Å². The molecule has 0 bridgehead atoms. The lowest BCUT2D eigenvalue weighted by Crippen LogP contribution is -2.48. The van der Waals surface area contributed by atoms with Gasteiger partial charge in [-0.25, -0.2) is 18.6 Å². The average molecular weight is 464 g/mol. The zero-order valence-electron chi connectivity index (χ0n) is 17.3. The molecule has 4 heterocycles. The highest BCUT2D eigenvalue weighted by Crippen LogP contribution is 2.36. The van der Waals surface area contributed by atoms with Crippen LogP contribution in [0.25, 0.3) is 5.65 Å². The number of amides is 2. The van der Waals surface area contributed by atoms with Gasteiger partial charge in [0.1, 0.15) is 17.5 Å². The van der Waals surface area contributed by atoms with Crippen LogP contribution in [0.5, 0.6) is 0 Å². The molecule has 2 N–H and O–H groups in total. The SMILES string of the molecule is Cl.O=C(Nc1cnc2ccc(N3CCCC3c3cc(F)ccc3F)nn12)N1CCNCC1. The number of piperazine rings is 1. The summed E-state index contributed by atoms with van der Waals surface area (Å²) >= 11 is 0. The minimum absolute atomic E-state index is 0. The van der Waals surface area contributed by atoms with Crippen molar-refractivity contribution in [1.29, 1.82) is 0 Å². The van der Waals surface area contributed by atoms with Gasteiger partial charge in [0.2, 0.25) is 0 Å².